The van der Waals surface area contributed by atoms with Gasteiger partial charge in [-0.1, -0.05) is 23.2 Å². The third-order valence-electron chi connectivity index (χ3n) is 2.58. The number of hydrogen-bond acceptors (Lipinski definition) is 4. The molecule has 0 atom stereocenters. The van der Waals surface area contributed by atoms with Crippen LogP contribution in [0.25, 0.3) is 0 Å². The minimum absolute atomic E-state index is 0.0590. The summed E-state index contributed by atoms with van der Waals surface area (Å²) in [6, 6.07) is 5.07. The number of carbonyl (C=O) groups excluding carboxylic acids is 1. The second-order valence-corrected chi connectivity index (χ2v) is 5.71. The molecule has 2 aromatic rings. The molecule has 4 nitrogen and oxygen atoms in total. The van der Waals surface area contributed by atoms with Gasteiger partial charge in [-0.2, -0.15) is 0 Å². The topological polar surface area (TPSA) is 42.4 Å². The number of ether oxygens (including phenoxy) is 1. The summed E-state index contributed by atoms with van der Waals surface area (Å²) in [6.07, 6.45) is 0. The Balaban J connectivity index is 2.00. The molecule has 0 spiro atoms. The third-order valence-corrected chi connectivity index (χ3v) is 4.28. The molecule has 20 heavy (non-hydrogen) atoms. The lowest BCUT2D eigenvalue weighted by Gasteiger charge is -2.09. The quantitative estimate of drug-likeness (QED) is 0.850. The van der Waals surface area contributed by atoms with Gasteiger partial charge in [0.15, 0.2) is 5.13 Å². The fourth-order valence-corrected chi connectivity index (χ4v) is 2.48. The van der Waals surface area contributed by atoms with E-state index >= 15 is 0 Å². The van der Waals surface area contributed by atoms with Crippen molar-refractivity contribution in [1.82, 2.24) is 4.98 Å². The van der Waals surface area contributed by atoms with E-state index in [1.165, 1.54) is 23.2 Å². The first kappa shape index (κ1) is 15.1. The highest BCUT2D eigenvalue weighted by Gasteiger charge is 2.10. The molecule has 0 bridgehead atoms. The minimum Gasteiger partial charge on any atom is -0.487 e. The summed E-state index contributed by atoms with van der Waals surface area (Å²) < 4.78 is 5.58. The monoisotopic (exact) mass is 330 g/mol. The predicted molar refractivity (Wildman–Crippen MR) is 82.0 cm³/mol. The minimum atomic E-state index is -0.0590. The van der Waals surface area contributed by atoms with Crippen molar-refractivity contribution in [3.8, 4) is 5.75 Å². The molecule has 0 aliphatic carbocycles. The molecular formula is C13H12Cl2N2O2S. The van der Waals surface area contributed by atoms with Crippen molar-refractivity contribution in [2.24, 2.45) is 0 Å². The van der Waals surface area contributed by atoms with E-state index in [0.717, 1.165) is 5.69 Å². The second kappa shape index (κ2) is 6.43. The Hall–Kier alpha value is -1.30. The molecular weight excluding hydrogens is 319 g/mol. The maximum Gasteiger partial charge on any atom is 0.225 e. The Morgan fingerprint density at radius 3 is 2.80 bits per heavy atom. The van der Waals surface area contributed by atoms with Crippen molar-refractivity contribution in [3.05, 3.63) is 39.3 Å². The predicted octanol–water partition coefficient (Wildman–Crippen LogP) is 4.01. The molecule has 0 aliphatic rings. The fraction of sp³-hybridized carbons (Fsp3) is 0.231. The van der Waals surface area contributed by atoms with Gasteiger partial charge in [0.2, 0.25) is 5.91 Å². The average molecular weight is 331 g/mol. The second-order valence-electron chi connectivity index (χ2n) is 4.06. The molecule has 1 aromatic carbocycles. The molecule has 1 amide bonds. The van der Waals surface area contributed by atoms with Crippen LogP contribution in [0.2, 0.25) is 10.0 Å². The highest BCUT2D eigenvalue weighted by atomic mass is 35.5. The Morgan fingerprint density at radius 2 is 2.15 bits per heavy atom. The number of hydrogen-bond donors (Lipinski definition) is 0. The highest BCUT2D eigenvalue weighted by molar-refractivity contribution is 7.14. The van der Waals surface area contributed by atoms with Gasteiger partial charge in [0, 0.05) is 25.4 Å². The van der Waals surface area contributed by atoms with E-state index in [4.69, 9.17) is 27.9 Å². The van der Waals surface area contributed by atoms with Gasteiger partial charge in [0.25, 0.3) is 0 Å². The number of carbonyl (C=O) groups is 1. The number of thiazole rings is 1. The number of amides is 1. The van der Waals surface area contributed by atoms with Gasteiger partial charge in [-0.25, -0.2) is 4.98 Å². The summed E-state index contributed by atoms with van der Waals surface area (Å²) in [4.78, 5) is 17.1. The number of anilines is 1. The highest BCUT2D eigenvalue weighted by Crippen LogP contribution is 2.27. The number of rotatable bonds is 4. The van der Waals surface area contributed by atoms with Crippen molar-refractivity contribution in [2.45, 2.75) is 13.5 Å². The van der Waals surface area contributed by atoms with Crippen LogP contribution in [0, 0.1) is 0 Å². The summed E-state index contributed by atoms with van der Waals surface area (Å²) in [5.41, 5.74) is 0.754. The zero-order chi connectivity index (χ0) is 14.7. The van der Waals surface area contributed by atoms with Crippen LogP contribution < -0.4 is 9.64 Å². The first-order valence-electron chi connectivity index (χ1n) is 5.74. The molecule has 0 radical (unpaired) electrons. The third kappa shape index (κ3) is 3.62. The summed E-state index contributed by atoms with van der Waals surface area (Å²) in [5, 5.41) is 3.43. The number of aromatic nitrogens is 1. The lowest BCUT2D eigenvalue weighted by molar-refractivity contribution is -0.116. The van der Waals surface area contributed by atoms with Gasteiger partial charge in [0.1, 0.15) is 12.4 Å². The summed E-state index contributed by atoms with van der Waals surface area (Å²) in [7, 11) is 1.69. The smallest absolute Gasteiger partial charge is 0.225 e. The number of benzene rings is 1. The molecule has 2 rings (SSSR count). The van der Waals surface area contributed by atoms with Crippen molar-refractivity contribution in [1.29, 1.82) is 0 Å². The number of nitrogens with zero attached hydrogens (tertiary/aromatic N) is 2. The van der Waals surface area contributed by atoms with Gasteiger partial charge >= 0.3 is 0 Å². The van der Waals surface area contributed by atoms with Crippen molar-refractivity contribution in [2.75, 3.05) is 11.9 Å². The van der Waals surface area contributed by atoms with Crippen LogP contribution in [0.15, 0.2) is 23.6 Å². The Bertz CT molecular complexity index is 631. The van der Waals surface area contributed by atoms with Crippen LogP contribution in [0.3, 0.4) is 0 Å². The van der Waals surface area contributed by atoms with E-state index in [2.05, 4.69) is 4.98 Å². The Morgan fingerprint density at radius 1 is 1.40 bits per heavy atom. The van der Waals surface area contributed by atoms with Crippen molar-refractivity contribution >= 4 is 45.6 Å². The molecule has 0 saturated carbocycles. The van der Waals surface area contributed by atoms with Crippen molar-refractivity contribution < 1.29 is 9.53 Å². The Kier molecular flexibility index (Phi) is 4.86. The molecule has 0 unspecified atom stereocenters. The van der Waals surface area contributed by atoms with Crippen LogP contribution in [-0.2, 0) is 11.4 Å². The summed E-state index contributed by atoms with van der Waals surface area (Å²) in [6.45, 7) is 1.80. The number of halogens is 2. The molecule has 7 heteroatoms. The molecule has 106 valence electrons. The summed E-state index contributed by atoms with van der Waals surface area (Å²) in [5.74, 6) is 0.560. The average Bonchev–Trinajstić information content (AvgIpc) is 2.88. The van der Waals surface area contributed by atoms with Gasteiger partial charge in [-0.3, -0.25) is 9.69 Å². The van der Waals surface area contributed by atoms with Crippen LogP contribution in [-0.4, -0.2) is 17.9 Å². The molecule has 0 saturated heterocycles. The zero-order valence-electron chi connectivity index (χ0n) is 10.9. The summed E-state index contributed by atoms with van der Waals surface area (Å²) >= 11 is 13.1. The molecule has 0 N–H and O–H groups in total. The maximum absolute atomic E-state index is 11.2. The maximum atomic E-state index is 11.2. The van der Waals surface area contributed by atoms with E-state index in [9.17, 15) is 4.79 Å². The first-order valence-corrected chi connectivity index (χ1v) is 7.37. The lowest BCUT2D eigenvalue weighted by atomic mass is 10.3. The van der Waals surface area contributed by atoms with Gasteiger partial charge in [-0.15, -0.1) is 11.3 Å². The SMILES string of the molecule is CC(=O)N(C)c1nc(COc2ccc(Cl)c(Cl)c2)cs1. The van der Waals surface area contributed by atoms with E-state index in [1.807, 2.05) is 5.38 Å². The first-order chi connectivity index (χ1) is 9.47. The molecule has 0 aliphatic heterocycles. The van der Waals surface area contributed by atoms with Gasteiger partial charge in [0.05, 0.1) is 15.7 Å². The van der Waals surface area contributed by atoms with E-state index in [1.54, 1.807) is 25.2 Å². The van der Waals surface area contributed by atoms with Crippen LogP contribution in [0.5, 0.6) is 5.75 Å². The lowest BCUT2D eigenvalue weighted by Crippen LogP contribution is -2.22. The fourth-order valence-electron chi connectivity index (χ4n) is 1.38. The van der Waals surface area contributed by atoms with E-state index < -0.39 is 0 Å². The van der Waals surface area contributed by atoms with Crippen molar-refractivity contribution in [3.63, 3.8) is 0 Å². The van der Waals surface area contributed by atoms with E-state index in [0.29, 0.717) is 27.5 Å². The van der Waals surface area contributed by atoms with Crippen LogP contribution in [0.1, 0.15) is 12.6 Å². The normalized spacial score (nSPS) is 10.4. The molecule has 1 aromatic heterocycles. The van der Waals surface area contributed by atoms with Gasteiger partial charge in [-0.05, 0) is 12.1 Å². The van der Waals surface area contributed by atoms with Gasteiger partial charge < -0.3 is 4.74 Å². The standard InChI is InChI=1S/C13H12Cl2N2O2S/c1-8(18)17(2)13-16-9(7-20-13)6-19-10-3-4-11(14)12(15)5-10/h3-5,7H,6H2,1-2H3. The largest absolute Gasteiger partial charge is 0.487 e. The van der Waals surface area contributed by atoms with Crippen LogP contribution >= 0.6 is 34.5 Å². The van der Waals surface area contributed by atoms with E-state index in [-0.39, 0.29) is 5.91 Å². The van der Waals surface area contributed by atoms with Crippen LogP contribution in [0.4, 0.5) is 5.13 Å². The Labute approximate surface area is 130 Å². The molecule has 0 fully saturated rings. The zero-order valence-corrected chi connectivity index (χ0v) is 13.2. The molecule has 1 heterocycles.